The molecule has 224 valence electrons. The molecule has 4 saturated carbocycles. The quantitative estimate of drug-likeness (QED) is 0.219. The van der Waals surface area contributed by atoms with Gasteiger partial charge in [0, 0.05) is 18.2 Å². The SMILES string of the molecule is O=C(NS(=O)(=O)c1ccc(NCC23CC4CC(CC(C4)C2)C3)c([N+](=O)[O-])c1)c1ccc(-c2ccc(F)cc2[N+](=O)[O-])cc1. The number of sulfonamides is 1. The molecule has 0 heterocycles. The molecule has 0 aliphatic heterocycles. The number of amides is 1. The van der Waals surface area contributed by atoms with E-state index in [2.05, 4.69) is 5.32 Å². The third kappa shape index (κ3) is 5.68. The summed E-state index contributed by atoms with van der Waals surface area (Å²) in [6.07, 6.45) is 7.16. The molecule has 11 nitrogen and oxygen atoms in total. The van der Waals surface area contributed by atoms with E-state index >= 15 is 0 Å². The van der Waals surface area contributed by atoms with Gasteiger partial charge in [-0.25, -0.2) is 17.5 Å². The number of rotatable bonds is 9. The maximum atomic E-state index is 13.5. The van der Waals surface area contributed by atoms with Gasteiger partial charge >= 0.3 is 0 Å². The van der Waals surface area contributed by atoms with E-state index in [0.29, 0.717) is 12.1 Å². The summed E-state index contributed by atoms with van der Waals surface area (Å²) in [5.74, 6) is 0.389. The lowest BCUT2D eigenvalue weighted by molar-refractivity contribution is -0.384. The number of nitro benzene ring substituents is 2. The Labute approximate surface area is 246 Å². The fraction of sp³-hybridized carbons (Fsp3) is 0.367. The van der Waals surface area contributed by atoms with Crippen molar-refractivity contribution in [1.82, 2.24) is 4.72 Å². The number of carbonyl (C=O) groups is 1. The molecule has 13 heteroatoms. The van der Waals surface area contributed by atoms with Crippen molar-refractivity contribution in [1.29, 1.82) is 0 Å². The number of hydrogen-bond donors (Lipinski definition) is 2. The van der Waals surface area contributed by atoms with Gasteiger partial charge in [-0.3, -0.25) is 25.0 Å². The van der Waals surface area contributed by atoms with Crippen LogP contribution in [0, 0.1) is 49.2 Å². The number of nitrogens with one attached hydrogen (secondary N) is 2. The smallest absolute Gasteiger partial charge is 0.293 e. The summed E-state index contributed by atoms with van der Waals surface area (Å²) in [5, 5.41) is 26.5. The second-order valence-electron chi connectivity index (χ2n) is 12.1. The lowest BCUT2D eigenvalue weighted by atomic mass is 9.49. The van der Waals surface area contributed by atoms with E-state index in [4.69, 9.17) is 0 Å². The Morgan fingerprint density at radius 3 is 2.05 bits per heavy atom. The molecule has 43 heavy (non-hydrogen) atoms. The van der Waals surface area contributed by atoms with Gasteiger partial charge < -0.3 is 5.32 Å². The Bertz CT molecular complexity index is 1710. The number of benzene rings is 3. The van der Waals surface area contributed by atoms with Gasteiger partial charge in [-0.15, -0.1) is 0 Å². The van der Waals surface area contributed by atoms with Crippen molar-refractivity contribution in [3.8, 4) is 11.1 Å². The molecular weight excluding hydrogens is 579 g/mol. The molecule has 4 aliphatic carbocycles. The van der Waals surface area contributed by atoms with E-state index < -0.39 is 47.9 Å². The molecule has 3 aromatic carbocycles. The number of anilines is 1. The first-order chi connectivity index (χ1) is 20.4. The van der Waals surface area contributed by atoms with E-state index in [0.717, 1.165) is 55.2 Å². The molecule has 0 aromatic heterocycles. The summed E-state index contributed by atoms with van der Waals surface area (Å²) >= 11 is 0. The maximum absolute atomic E-state index is 13.5. The number of nitrogens with zero attached hydrogens (tertiary/aromatic N) is 2. The van der Waals surface area contributed by atoms with Crippen molar-refractivity contribution in [2.24, 2.45) is 23.2 Å². The lowest BCUT2D eigenvalue weighted by Crippen LogP contribution is -2.49. The van der Waals surface area contributed by atoms with Crippen molar-refractivity contribution in [2.75, 3.05) is 11.9 Å². The Hall–Kier alpha value is -4.39. The average Bonchev–Trinajstić information content (AvgIpc) is 2.95. The molecular formula is C30H29FN4O7S. The van der Waals surface area contributed by atoms with Gasteiger partial charge in [-0.05, 0) is 104 Å². The highest BCUT2D eigenvalue weighted by molar-refractivity contribution is 7.90. The van der Waals surface area contributed by atoms with E-state index in [9.17, 15) is 37.8 Å². The van der Waals surface area contributed by atoms with Gasteiger partial charge in [0.15, 0.2) is 0 Å². The van der Waals surface area contributed by atoms with Gasteiger partial charge in [-0.2, -0.15) is 0 Å². The molecule has 7 rings (SSSR count). The largest absolute Gasteiger partial charge is 0.379 e. The third-order valence-electron chi connectivity index (χ3n) is 9.14. The van der Waals surface area contributed by atoms with Crippen LogP contribution in [-0.4, -0.2) is 30.7 Å². The fourth-order valence-corrected chi connectivity index (χ4v) is 8.70. The normalized spacial score (nSPS) is 24.0. The van der Waals surface area contributed by atoms with E-state index in [1.807, 2.05) is 4.72 Å². The molecule has 0 unspecified atom stereocenters. The number of carbonyl (C=O) groups excluding carboxylic acids is 1. The maximum Gasteiger partial charge on any atom is 0.293 e. The van der Waals surface area contributed by atoms with Crippen LogP contribution in [0.5, 0.6) is 0 Å². The van der Waals surface area contributed by atoms with Crippen LogP contribution in [0.2, 0.25) is 0 Å². The van der Waals surface area contributed by atoms with Crippen molar-refractivity contribution >= 4 is 33.0 Å². The molecule has 0 radical (unpaired) electrons. The number of hydrogen-bond acceptors (Lipinski definition) is 8. The van der Waals surface area contributed by atoms with Crippen molar-refractivity contribution in [3.05, 3.63) is 92.3 Å². The Morgan fingerprint density at radius 1 is 0.860 bits per heavy atom. The van der Waals surface area contributed by atoms with E-state index in [1.165, 1.54) is 61.7 Å². The van der Waals surface area contributed by atoms with Gasteiger partial charge in [-0.1, -0.05) is 12.1 Å². The molecule has 3 aromatic rings. The standard InChI is InChI=1S/C30H29FN4O7S/c31-23-5-7-25(27(12-23)34(37)38)21-1-3-22(4-2-21)29(36)33-43(41,42)24-6-8-26(28(13-24)35(39)40)32-17-30-14-18-9-19(15-30)11-20(10-18)16-30/h1-8,12-13,18-20,32H,9-11,14-17H2,(H,33,36). The average molecular weight is 609 g/mol. The zero-order chi connectivity index (χ0) is 30.5. The summed E-state index contributed by atoms with van der Waals surface area (Å²) in [6.45, 7) is 0.594. The first-order valence-electron chi connectivity index (χ1n) is 14.1. The molecule has 2 N–H and O–H groups in total. The lowest BCUT2D eigenvalue weighted by Gasteiger charge is -2.57. The molecule has 0 atom stereocenters. The molecule has 0 spiro atoms. The predicted molar refractivity (Wildman–Crippen MR) is 155 cm³/mol. The molecule has 4 bridgehead atoms. The second kappa shape index (κ2) is 10.7. The Balaban J connectivity index is 1.17. The van der Waals surface area contributed by atoms with Crippen LogP contribution in [-0.2, 0) is 10.0 Å². The molecule has 4 aliphatic rings. The minimum absolute atomic E-state index is 0.0690. The highest BCUT2D eigenvalue weighted by Crippen LogP contribution is 2.60. The van der Waals surface area contributed by atoms with Gasteiger partial charge in [0.25, 0.3) is 27.3 Å². The minimum Gasteiger partial charge on any atom is -0.379 e. The first-order valence-corrected chi connectivity index (χ1v) is 15.5. The highest BCUT2D eigenvalue weighted by atomic mass is 32.2. The topological polar surface area (TPSA) is 162 Å². The fourth-order valence-electron chi connectivity index (χ4n) is 7.71. The van der Waals surface area contributed by atoms with E-state index in [-0.39, 0.29) is 22.2 Å². The van der Waals surface area contributed by atoms with Gasteiger partial charge in [0.05, 0.1) is 26.4 Å². The second-order valence-corrected chi connectivity index (χ2v) is 13.8. The van der Waals surface area contributed by atoms with Crippen LogP contribution in [0.1, 0.15) is 48.9 Å². The zero-order valence-electron chi connectivity index (χ0n) is 23.0. The summed E-state index contributed by atoms with van der Waals surface area (Å²) in [4.78, 5) is 34.2. The van der Waals surface area contributed by atoms with Gasteiger partial charge in [0.2, 0.25) is 0 Å². The summed E-state index contributed by atoms with van der Waals surface area (Å²) in [7, 11) is -4.48. The van der Waals surface area contributed by atoms with Crippen LogP contribution in [0.15, 0.2) is 65.6 Å². The third-order valence-corrected chi connectivity index (χ3v) is 10.5. The van der Waals surface area contributed by atoms with Crippen LogP contribution < -0.4 is 10.0 Å². The van der Waals surface area contributed by atoms with E-state index in [1.54, 1.807) is 0 Å². The van der Waals surface area contributed by atoms with Crippen LogP contribution in [0.4, 0.5) is 21.5 Å². The molecule has 1 amide bonds. The first kappa shape index (κ1) is 28.7. The summed E-state index contributed by atoms with van der Waals surface area (Å²) < 4.78 is 41.5. The number of halogens is 1. The number of nitro groups is 2. The van der Waals surface area contributed by atoms with Crippen molar-refractivity contribution in [3.63, 3.8) is 0 Å². The Kier molecular flexibility index (Phi) is 7.15. The van der Waals surface area contributed by atoms with Crippen LogP contribution in [0.3, 0.4) is 0 Å². The Morgan fingerprint density at radius 2 is 1.47 bits per heavy atom. The van der Waals surface area contributed by atoms with Crippen LogP contribution >= 0.6 is 0 Å². The highest BCUT2D eigenvalue weighted by Gasteiger charge is 2.50. The van der Waals surface area contributed by atoms with Gasteiger partial charge in [0.1, 0.15) is 11.5 Å². The zero-order valence-corrected chi connectivity index (χ0v) is 23.8. The van der Waals surface area contributed by atoms with Crippen molar-refractivity contribution < 1.29 is 27.4 Å². The minimum atomic E-state index is -4.48. The summed E-state index contributed by atoms with van der Waals surface area (Å²) in [6, 6.07) is 11.9. The molecule has 0 saturated heterocycles. The van der Waals surface area contributed by atoms with Crippen molar-refractivity contribution in [2.45, 2.75) is 43.4 Å². The monoisotopic (exact) mass is 608 g/mol. The summed E-state index contributed by atoms with van der Waals surface area (Å²) in [5.41, 5.74) is -0.147. The molecule has 4 fully saturated rings. The van der Waals surface area contributed by atoms with Crippen LogP contribution in [0.25, 0.3) is 11.1 Å². The predicted octanol–water partition coefficient (Wildman–Crippen LogP) is 6.06.